The summed E-state index contributed by atoms with van der Waals surface area (Å²) in [5.74, 6) is -0.485. The van der Waals surface area contributed by atoms with Crippen molar-refractivity contribution in [2.24, 2.45) is 0 Å². The van der Waals surface area contributed by atoms with Crippen molar-refractivity contribution >= 4 is 32.3 Å². The molecule has 0 aliphatic carbocycles. The lowest BCUT2D eigenvalue weighted by atomic mass is 9.99. The number of methoxy groups -OCH3 is 1. The summed E-state index contributed by atoms with van der Waals surface area (Å²) < 4.78 is 74.4. The van der Waals surface area contributed by atoms with Crippen LogP contribution in [0.25, 0.3) is 10.9 Å². The number of aromatic amines is 1. The average Bonchev–Trinajstić information content (AvgIpc) is 2.90. The molecule has 1 fully saturated rings. The first-order chi connectivity index (χ1) is 18.8. The van der Waals surface area contributed by atoms with Crippen molar-refractivity contribution in [2.45, 2.75) is 50.0 Å². The first-order valence-corrected chi connectivity index (χ1v) is 14.7. The fraction of sp³-hybridized carbons (Fsp3) is 0.462. The van der Waals surface area contributed by atoms with Gasteiger partial charge in [-0.3, -0.25) is 14.3 Å². The van der Waals surface area contributed by atoms with Crippen LogP contribution in [0.4, 0.5) is 13.2 Å². The zero-order valence-corrected chi connectivity index (χ0v) is 23.8. The Kier molecular flexibility index (Phi) is 8.69. The minimum atomic E-state index is -4.82. The zero-order valence-electron chi connectivity index (χ0n) is 22.2. The highest BCUT2D eigenvalue weighted by molar-refractivity contribution is 7.91. The van der Waals surface area contributed by atoms with Crippen LogP contribution in [0.5, 0.6) is 5.75 Å². The molecule has 0 unspecified atom stereocenters. The maximum Gasteiger partial charge on any atom is 0.416 e. The molecule has 0 saturated carbocycles. The minimum Gasteiger partial charge on any atom is -0.494 e. The molecule has 0 amide bonds. The zero-order chi connectivity index (χ0) is 29.4. The number of alkyl halides is 3. The third-order valence-electron chi connectivity index (χ3n) is 7.21. The highest BCUT2D eigenvalue weighted by atomic mass is 35.5. The molecule has 218 valence electrons. The van der Waals surface area contributed by atoms with Crippen LogP contribution in [-0.2, 0) is 29.1 Å². The van der Waals surface area contributed by atoms with Gasteiger partial charge in [0.1, 0.15) is 5.75 Å². The van der Waals surface area contributed by atoms with Crippen molar-refractivity contribution in [3.8, 4) is 5.75 Å². The topological polar surface area (TPSA) is 114 Å². The summed E-state index contributed by atoms with van der Waals surface area (Å²) in [4.78, 5) is 30.9. The molecule has 1 aliphatic rings. The molecule has 1 atom stereocenters. The molecule has 0 radical (unpaired) electrons. The van der Waals surface area contributed by atoms with E-state index in [1.807, 2.05) is 4.90 Å². The van der Waals surface area contributed by atoms with E-state index in [0.29, 0.717) is 17.7 Å². The smallest absolute Gasteiger partial charge is 0.416 e. The number of benzene rings is 2. The molecule has 1 aromatic heterocycles. The molecule has 0 spiro atoms. The Bertz CT molecular complexity index is 1650. The van der Waals surface area contributed by atoms with E-state index in [4.69, 9.17) is 16.3 Å². The monoisotopic (exact) mass is 602 g/mol. The Morgan fingerprint density at radius 1 is 1.20 bits per heavy atom. The van der Waals surface area contributed by atoms with Crippen LogP contribution < -0.4 is 21.3 Å². The van der Waals surface area contributed by atoms with Crippen LogP contribution in [-0.4, -0.2) is 61.9 Å². The van der Waals surface area contributed by atoms with Crippen LogP contribution >= 0.6 is 11.6 Å². The van der Waals surface area contributed by atoms with Gasteiger partial charge in [-0.15, -0.1) is 0 Å². The number of likely N-dealkylation sites (N-methyl/N-ethyl adjacent to an activating group) is 1. The van der Waals surface area contributed by atoms with Gasteiger partial charge in [0.05, 0.1) is 40.8 Å². The summed E-state index contributed by atoms with van der Waals surface area (Å²) in [6, 6.07) is 4.79. The van der Waals surface area contributed by atoms with E-state index < -0.39 is 44.8 Å². The van der Waals surface area contributed by atoms with Crippen LogP contribution in [0.3, 0.4) is 0 Å². The fourth-order valence-corrected chi connectivity index (χ4v) is 6.45. The maximum absolute atomic E-state index is 14.4. The van der Waals surface area contributed by atoms with Crippen LogP contribution in [0, 0.1) is 0 Å². The second-order valence-corrected chi connectivity index (χ2v) is 12.4. The lowest BCUT2D eigenvalue weighted by molar-refractivity contribution is -0.138. The molecular weight excluding hydrogens is 573 g/mol. The Morgan fingerprint density at radius 3 is 2.55 bits per heavy atom. The number of rotatable bonds is 8. The first kappa shape index (κ1) is 30.1. The highest BCUT2D eigenvalue weighted by Crippen LogP contribution is 2.40. The molecule has 2 N–H and O–H groups in total. The number of nitrogens with zero attached hydrogens (tertiary/aromatic N) is 2. The van der Waals surface area contributed by atoms with Crippen molar-refractivity contribution in [1.29, 1.82) is 0 Å². The quantitative estimate of drug-likeness (QED) is 0.406. The van der Waals surface area contributed by atoms with Gasteiger partial charge in [-0.2, -0.15) is 13.2 Å². The molecule has 2 aromatic carbocycles. The lowest BCUT2D eigenvalue weighted by Crippen LogP contribution is -2.44. The molecule has 3 aromatic rings. The SMILES string of the molecule is CCS(=O)(=O)c1ccc(Cl)cc1Cn1c(=O)[nH]c2c(OC)c(CN3CCC[C@H](NC)C3)c(C(F)(F)F)cc2c1=O. The Balaban J connectivity index is 1.91. The number of halogens is 4. The normalized spacial score (nSPS) is 16.9. The molecule has 1 saturated heterocycles. The number of aromatic nitrogens is 2. The number of fused-ring (bicyclic) bond motifs is 1. The van der Waals surface area contributed by atoms with Gasteiger partial charge in [0.25, 0.3) is 5.56 Å². The summed E-state index contributed by atoms with van der Waals surface area (Å²) >= 11 is 6.06. The van der Waals surface area contributed by atoms with E-state index in [2.05, 4.69) is 10.3 Å². The number of hydrogen-bond acceptors (Lipinski definition) is 7. The molecule has 0 bridgehead atoms. The van der Waals surface area contributed by atoms with Gasteiger partial charge < -0.3 is 15.0 Å². The van der Waals surface area contributed by atoms with Gasteiger partial charge in [0.15, 0.2) is 9.84 Å². The standard InChI is InChI=1S/C26H30ClF3N4O5S/c1-4-40(37,38)21-8-7-16(27)10-15(21)12-34-24(35)18-11-20(26(28,29)30)19(23(39-3)22(18)32-25(34)36)14-33-9-5-6-17(13-33)31-2/h7-8,10-11,17,31H,4-6,9,12-14H2,1-3H3,(H,32,36)/t17-/m0/s1. The average molecular weight is 603 g/mol. The summed E-state index contributed by atoms with van der Waals surface area (Å²) in [6.07, 6.45) is -3.13. The Hall–Kier alpha value is -2.87. The number of hydrogen-bond donors (Lipinski definition) is 2. The van der Waals surface area contributed by atoms with E-state index in [1.165, 1.54) is 32.2 Å². The largest absolute Gasteiger partial charge is 0.494 e. The highest BCUT2D eigenvalue weighted by Gasteiger charge is 2.37. The van der Waals surface area contributed by atoms with Gasteiger partial charge in [0.2, 0.25) is 0 Å². The minimum absolute atomic E-state index is 0.0603. The molecule has 4 rings (SSSR count). The molecular formula is C26H30ClF3N4O5S. The van der Waals surface area contributed by atoms with E-state index in [0.717, 1.165) is 18.9 Å². The van der Waals surface area contributed by atoms with E-state index >= 15 is 0 Å². The van der Waals surface area contributed by atoms with E-state index in [-0.39, 0.29) is 50.7 Å². The number of nitrogens with one attached hydrogen (secondary N) is 2. The predicted octanol–water partition coefficient (Wildman–Crippen LogP) is 3.40. The lowest BCUT2D eigenvalue weighted by Gasteiger charge is -2.33. The number of ether oxygens (including phenoxy) is 1. The summed E-state index contributed by atoms with van der Waals surface area (Å²) in [5.41, 5.74) is -3.29. The fourth-order valence-electron chi connectivity index (χ4n) is 5.14. The van der Waals surface area contributed by atoms with Gasteiger partial charge in [0, 0.05) is 29.7 Å². The number of H-pyrrole nitrogens is 1. The molecule has 1 aliphatic heterocycles. The summed E-state index contributed by atoms with van der Waals surface area (Å²) in [6.45, 7) is 1.92. The van der Waals surface area contributed by atoms with Crippen LogP contribution in [0.2, 0.25) is 5.02 Å². The van der Waals surface area contributed by atoms with E-state index in [9.17, 15) is 31.2 Å². The molecule has 40 heavy (non-hydrogen) atoms. The molecule has 2 heterocycles. The number of likely N-dealkylation sites (tertiary alicyclic amines) is 1. The van der Waals surface area contributed by atoms with E-state index in [1.54, 1.807) is 7.05 Å². The van der Waals surface area contributed by atoms with Gasteiger partial charge >= 0.3 is 11.9 Å². The maximum atomic E-state index is 14.4. The van der Waals surface area contributed by atoms with Gasteiger partial charge in [-0.25, -0.2) is 13.2 Å². The Morgan fingerprint density at radius 2 is 1.93 bits per heavy atom. The molecule has 14 heteroatoms. The van der Waals surface area contributed by atoms with Gasteiger partial charge in [-0.1, -0.05) is 18.5 Å². The van der Waals surface area contributed by atoms with Crippen LogP contribution in [0.1, 0.15) is 36.5 Å². The predicted molar refractivity (Wildman–Crippen MR) is 146 cm³/mol. The van der Waals surface area contributed by atoms with Crippen molar-refractivity contribution in [3.63, 3.8) is 0 Å². The number of sulfone groups is 1. The second-order valence-electron chi connectivity index (χ2n) is 9.70. The summed E-state index contributed by atoms with van der Waals surface area (Å²) in [5, 5.41) is 2.90. The van der Waals surface area contributed by atoms with Crippen LogP contribution in [0.15, 0.2) is 38.8 Å². The first-order valence-electron chi connectivity index (χ1n) is 12.6. The van der Waals surface area contributed by atoms with Gasteiger partial charge in [-0.05, 0) is 56.3 Å². The molecule has 9 nitrogen and oxygen atoms in total. The Labute approximate surface area is 233 Å². The third kappa shape index (κ3) is 5.92. The second kappa shape index (κ2) is 11.6. The number of piperidine rings is 1. The van der Waals surface area contributed by atoms with Crippen molar-refractivity contribution < 1.29 is 26.3 Å². The third-order valence-corrected chi connectivity index (χ3v) is 9.27. The summed E-state index contributed by atoms with van der Waals surface area (Å²) in [7, 11) is -0.780. The van der Waals surface area contributed by atoms with Crippen molar-refractivity contribution in [1.82, 2.24) is 19.8 Å². The van der Waals surface area contributed by atoms with Crippen molar-refractivity contribution in [3.05, 3.63) is 66.8 Å². The van der Waals surface area contributed by atoms with Crippen molar-refractivity contribution in [2.75, 3.05) is 33.0 Å².